The third-order valence-corrected chi connectivity index (χ3v) is 4.77. The third kappa shape index (κ3) is 6.75. The fraction of sp³-hybridized carbons (Fsp3) is 0.333. The molecule has 1 aliphatic rings. The molecule has 2 heterocycles. The normalized spacial score (nSPS) is 15.7. The molecule has 1 N–H and O–H groups in total. The number of nitrogens with zero attached hydrogens (tertiary/aromatic N) is 3. The van der Waals surface area contributed by atoms with Gasteiger partial charge in [0.15, 0.2) is 0 Å². The van der Waals surface area contributed by atoms with Gasteiger partial charge >= 0.3 is 29.6 Å². The van der Waals surface area contributed by atoms with Crippen LogP contribution >= 0.6 is 11.8 Å². The number of hydrogen-bond acceptors (Lipinski definition) is 8. The number of hydrogen-bond donors (Lipinski definition) is 1. The van der Waals surface area contributed by atoms with E-state index in [4.69, 9.17) is 9.47 Å². The van der Waals surface area contributed by atoms with Gasteiger partial charge in [0.1, 0.15) is 18.7 Å². The SMILES string of the molecule is COc1cc(CNCCOc2ccc(CC3SC([O-])=NC3=O)cc2)ncn1.[Na+]. The number of benzene rings is 1. The Bertz CT molecular complexity index is 819. The van der Waals surface area contributed by atoms with Gasteiger partial charge < -0.3 is 19.9 Å². The second-order valence-electron chi connectivity index (χ2n) is 5.75. The molecule has 1 unspecified atom stereocenters. The maximum absolute atomic E-state index is 11.5. The Kier molecular flexibility index (Phi) is 9.20. The monoisotopic (exact) mass is 410 g/mol. The molecule has 0 saturated heterocycles. The molecular formula is C18H19N4NaO4S. The topological polar surface area (TPSA) is 109 Å². The van der Waals surface area contributed by atoms with Crippen LogP contribution in [-0.4, -0.2) is 46.6 Å². The van der Waals surface area contributed by atoms with E-state index >= 15 is 0 Å². The molecule has 0 fully saturated rings. The Labute approximate surface area is 189 Å². The van der Waals surface area contributed by atoms with Crippen molar-refractivity contribution in [2.24, 2.45) is 4.99 Å². The summed E-state index contributed by atoms with van der Waals surface area (Å²) >= 11 is 0.981. The molecule has 0 aliphatic carbocycles. The van der Waals surface area contributed by atoms with Crippen molar-refractivity contribution >= 4 is 22.9 Å². The maximum atomic E-state index is 11.5. The summed E-state index contributed by atoms with van der Waals surface area (Å²) < 4.78 is 10.7. The van der Waals surface area contributed by atoms with Crippen molar-refractivity contribution in [2.75, 3.05) is 20.3 Å². The molecule has 0 radical (unpaired) electrons. The number of amides is 1. The zero-order valence-electron chi connectivity index (χ0n) is 15.8. The molecule has 1 aliphatic heterocycles. The molecule has 142 valence electrons. The van der Waals surface area contributed by atoms with E-state index in [1.165, 1.54) is 6.33 Å². The number of carbonyl (C=O) groups is 1. The zero-order chi connectivity index (χ0) is 19.1. The Morgan fingerprint density at radius 3 is 2.71 bits per heavy atom. The summed E-state index contributed by atoms with van der Waals surface area (Å²) in [5, 5.41) is 13.6. The van der Waals surface area contributed by atoms with Crippen LogP contribution in [0.15, 0.2) is 41.7 Å². The fourth-order valence-electron chi connectivity index (χ4n) is 2.47. The number of rotatable bonds is 9. The van der Waals surface area contributed by atoms with Crippen molar-refractivity contribution in [3.8, 4) is 11.6 Å². The molecule has 1 amide bonds. The molecule has 0 bridgehead atoms. The minimum Gasteiger partial charge on any atom is -0.854 e. The molecule has 1 aromatic carbocycles. The van der Waals surface area contributed by atoms with Crippen molar-refractivity contribution in [1.29, 1.82) is 0 Å². The van der Waals surface area contributed by atoms with Gasteiger partial charge in [0.2, 0.25) is 5.88 Å². The van der Waals surface area contributed by atoms with Crippen molar-refractivity contribution in [3.05, 3.63) is 47.9 Å². The summed E-state index contributed by atoms with van der Waals surface area (Å²) in [4.78, 5) is 23.1. The van der Waals surface area contributed by atoms with E-state index in [-0.39, 0.29) is 35.5 Å². The standard InChI is InChI=1S/C18H20N4O4S.Na/c1-25-16-9-13(20-11-21-16)10-19-6-7-26-14-4-2-12(3-5-14)8-15-17(23)22-18(24)27-15;/h2-5,9,11,15,19H,6-8,10H2,1H3,(H,22,23,24);/q;+1/p-1. The van der Waals surface area contributed by atoms with Crippen LogP contribution in [0.3, 0.4) is 0 Å². The first kappa shape index (κ1) is 22.6. The van der Waals surface area contributed by atoms with Crippen LogP contribution in [0.5, 0.6) is 11.6 Å². The largest absolute Gasteiger partial charge is 1.00 e. The number of aliphatic imine (C=N–C) groups is 1. The molecule has 8 nitrogen and oxygen atoms in total. The van der Waals surface area contributed by atoms with E-state index in [9.17, 15) is 9.90 Å². The van der Waals surface area contributed by atoms with E-state index in [1.54, 1.807) is 13.2 Å². The second-order valence-corrected chi connectivity index (χ2v) is 6.90. The number of ether oxygens (including phenoxy) is 2. The van der Waals surface area contributed by atoms with E-state index in [0.717, 1.165) is 28.8 Å². The quantitative estimate of drug-likeness (QED) is 0.359. The second kappa shape index (κ2) is 11.4. The molecule has 28 heavy (non-hydrogen) atoms. The van der Waals surface area contributed by atoms with Crippen LogP contribution in [0.4, 0.5) is 0 Å². The first-order chi connectivity index (χ1) is 13.1. The van der Waals surface area contributed by atoms with Crippen molar-refractivity contribution in [2.45, 2.75) is 18.2 Å². The summed E-state index contributed by atoms with van der Waals surface area (Å²) in [6, 6.07) is 9.28. The summed E-state index contributed by atoms with van der Waals surface area (Å²) in [5.74, 6) is 0.932. The molecule has 3 rings (SSSR count). The van der Waals surface area contributed by atoms with Crippen LogP contribution < -0.4 is 49.5 Å². The Hall–Kier alpha value is -1.65. The van der Waals surface area contributed by atoms with Crippen LogP contribution in [0.2, 0.25) is 0 Å². The van der Waals surface area contributed by atoms with Crippen molar-refractivity contribution in [3.63, 3.8) is 0 Å². The van der Waals surface area contributed by atoms with Crippen molar-refractivity contribution < 1.29 is 48.9 Å². The molecule has 10 heteroatoms. The number of aromatic nitrogens is 2. The van der Waals surface area contributed by atoms with Gasteiger partial charge in [-0.05, 0) is 24.1 Å². The predicted octanol–water partition coefficient (Wildman–Crippen LogP) is -2.44. The Morgan fingerprint density at radius 2 is 2.04 bits per heavy atom. The molecule has 0 spiro atoms. The smallest absolute Gasteiger partial charge is 0.854 e. The summed E-state index contributed by atoms with van der Waals surface area (Å²) in [6.45, 7) is 1.76. The Morgan fingerprint density at radius 1 is 1.25 bits per heavy atom. The van der Waals surface area contributed by atoms with E-state index in [1.807, 2.05) is 24.3 Å². The van der Waals surface area contributed by atoms with Crippen LogP contribution in [0.1, 0.15) is 11.3 Å². The van der Waals surface area contributed by atoms with E-state index < -0.39 is 10.5 Å². The van der Waals surface area contributed by atoms with Gasteiger partial charge in [-0.1, -0.05) is 12.1 Å². The maximum Gasteiger partial charge on any atom is 1.00 e. The van der Waals surface area contributed by atoms with Crippen molar-refractivity contribution in [1.82, 2.24) is 15.3 Å². The number of methoxy groups -OCH3 is 1. The Balaban J connectivity index is 0.00000280. The third-order valence-electron chi connectivity index (χ3n) is 3.83. The number of thioether (sulfide) groups is 1. The first-order valence-electron chi connectivity index (χ1n) is 8.37. The van der Waals surface area contributed by atoms with Crippen LogP contribution in [0.25, 0.3) is 0 Å². The molecule has 1 atom stereocenters. The molecule has 1 aromatic heterocycles. The molecule has 2 aromatic rings. The minimum absolute atomic E-state index is 0. The first-order valence-corrected chi connectivity index (χ1v) is 9.25. The van der Waals surface area contributed by atoms with Gasteiger partial charge in [0, 0.05) is 24.4 Å². The van der Waals surface area contributed by atoms with Gasteiger partial charge in [0.05, 0.1) is 18.1 Å². The average Bonchev–Trinajstić information content (AvgIpc) is 3.00. The van der Waals surface area contributed by atoms with E-state index in [0.29, 0.717) is 32.0 Å². The average molecular weight is 410 g/mol. The number of nitrogens with one attached hydrogen (secondary N) is 1. The summed E-state index contributed by atoms with van der Waals surface area (Å²) in [7, 11) is 1.57. The predicted molar refractivity (Wildman–Crippen MR) is 99.8 cm³/mol. The van der Waals surface area contributed by atoms with Gasteiger partial charge in [-0.2, -0.15) is 0 Å². The number of carbonyl (C=O) groups excluding carboxylic acids is 1. The van der Waals surface area contributed by atoms with Crippen LogP contribution in [0, 0.1) is 0 Å². The zero-order valence-corrected chi connectivity index (χ0v) is 18.6. The van der Waals surface area contributed by atoms with Crippen LogP contribution in [-0.2, 0) is 17.8 Å². The molecular weight excluding hydrogens is 391 g/mol. The molecule has 0 saturated carbocycles. The summed E-state index contributed by atoms with van der Waals surface area (Å²) in [5.41, 5.74) is 1.81. The van der Waals surface area contributed by atoms with E-state index in [2.05, 4.69) is 20.3 Å². The van der Waals surface area contributed by atoms with Gasteiger partial charge in [0.25, 0.3) is 5.91 Å². The summed E-state index contributed by atoms with van der Waals surface area (Å²) in [6.07, 6.45) is 1.96. The minimum atomic E-state index is -0.408. The van der Waals surface area contributed by atoms with Gasteiger partial charge in [-0.15, -0.1) is 11.8 Å². The van der Waals surface area contributed by atoms with Gasteiger partial charge in [-0.3, -0.25) is 4.79 Å². The van der Waals surface area contributed by atoms with Gasteiger partial charge in [-0.25, -0.2) is 15.0 Å². The fourth-order valence-corrected chi connectivity index (χ4v) is 3.28.